The van der Waals surface area contributed by atoms with Crippen LogP contribution in [0.1, 0.15) is 32.5 Å². The largest absolute Gasteiger partial charge is 0.354 e. The van der Waals surface area contributed by atoms with E-state index in [2.05, 4.69) is 22.3 Å². The van der Waals surface area contributed by atoms with Crippen molar-refractivity contribution in [3.63, 3.8) is 0 Å². The molecule has 0 amide bonds. The first kappa shape index (κ1) is 13.0. The molecule has 0 radical (unpaired) electrons. The van der Waals surface area contributed by atoms with Crippen molar-refractivity contribution in [1.29, 1.82) is 0 Å². The van der Waals surface area contributed by atoms with Crippen LogP contribution >= 0.6 is 0 Å². The summed E-state index contributed by atoms with van der Waals surface area (Å²) in [6.07, 6.45) is 0. The van der Waals surface area contributed by atoms with Gasteiger partial charge in [0.2, 0.25) is 5.82 Å². The molecular weight excluding hydrogens is 220 g/mol. The molecular formula is C11H16N4O2. The Hall–Kier alpha value is -2.03. The quantitative estimate of drug-likeness (QED) is 0.493. The summed E-state index contributed by atoms with van der Waals surface area (Å²) in [5.74, 6) is 5.97. The van der Waals surface area contributed by atoms with Gasteiger partial charge in [0.1, 0.15) is 5.69 Å². The Bertz CT molecular complexity index is 480. The van der Waals surface area contributed by atoms with Gasteiger partial charge in [0.25, 0.3) is 0 Å². The standard InChI is InChI=1S/C11H16N4O2/c1-5-6-7-12-11-10(15(16)17)9(4)13-14(11)8(2)3/h8,12H,7H2,1-4H3. The highest BCUT2D eigenvalue weighted by Crippen LogP contribution is 2.30. The lowest BCUT2D eigenvalue weighted by Crippen LogP contribution is -2.11. The molecule has 6 nitrogen and oxygen atoms in total. The first-order chi connectivity index (χ1) is 7.99. The van der Waals surface area contributed by atoms with Gasteiger partial charge in [-0.2, -0.15) is 5.10 Å². The van der Waals surface area contributed by atoms with E-state index in [1.807, 2.05) is 13.8 Å². The van der Waals surface area contributed by atoms with Crippen molar-refractivity contribution in [3.05, 3.63) is 15.8 Å². The van der Waals surface area contributed by atoms with Gasteiger partial charge < -0.3 is 5.32 Å². The van der Waals surface area contributed by atoms with Crippen molar-refractivity contribution < 1.29 is 4.92 Å². The monoisotopic (exact) mass is 236 g/mol. The van der Waals surface area contributed by atoms with Crippen LogP contribution in [0, 0.1) is 28.9 Å². The molecule has 0 saturated heterocycles. The summed E-state index contributed by atoms with van der Waals surface area (Å²) in [7, 11) is 0. The fraction of sp³-hybridized carbons (Fsp3) is 0.545. The van der Waals surface area contributed by atoms with Crippen LogP contribution in [-0.2, 0) is 0 Å². The Kier molecular flexibility index (Phi) is 4.10. The van der Waals surface area contributed by atoms with Crippen LogP contribution in [-0.4, -0.2) is 21.2 Å². The number of hydrogen-bond donors (Lipinski definition) is 1. The van der Waals surface area contributed by atoms with Crippen molar-refractivity contribution >= 4 is 11.5 Å². The molecule has 1 aromatic heterocycles. The Morgan fingerprint density at radius 1 is 1.59 bits per heavy atom. The van der Waals surface area contributed by atoms with E-state index in [-0.39, 0.29) is 11.7 Å². The Labute approximate surface area is 100 Å². The predicted molar refractivity (Wildman–Crippen MR) is 65.9 cm³/mol. The zero-order valence-electron chi connectivity index (χ0n) is 10.4. The molecule has 17 heavy (non-hydrogen) atoms. The number of rotatable bonds is 4. The highest BCUT2D eigenvalue weighted by molar-refractivity contribution is 5.60. The van der Waals surface area contributed by atoms with Gasteiger partial charge in [-0.3, -0.25) is 10.1 Å². The van der Waals surface area contributed by atoms with Crippen molar-refractivity contribution in [3.8, 4) is 11.8 Å². The van der Waals surface area contributed by atoms with E-state index in [0.29, 0.717) is 18.1 Å². The van der Waals surface area contributed by atoms with E-state index >= 15 is 0 Å². The Balaban J connectivity index is 3.18. The van der Waals surface area contributed by atoms with E-state index in [4.69, 9.17) is 0 Å². The highest BCUT2D eigenvalue weighted by atomic mass is 16.6. The van der Waals surface area contributed by atoms with Gasteiger partial charge in [-0.05, 0) is 27.7 Å². The van der Waals surface area contributed by atoms with Crippen LogP contribution in [0.15, 0.2) is 0 Å². The number of anilines is 1. The molecule has 6 heteroatoms. The molecule has 0 spiro atoms. The summed E-state index contributed by atoms with van der Waals surface area (Å²) >= 11 is 0. The fourth-order valence-electron chi connectivity index (χ4n) is 1.51. The van der Waals surface area contributed by atoms with Crippen LogP contribution in [0.3, 0.4) is 0 Å². The topological polar surface area (TPSA) is 73.0 Å². The molecule has 1 aromatic rings. The Morgan fingerprint density at radius 3 is 2.71 bits per heavy atom. The first-order valence-electron chi connectivity index (χ1n) is 5.36. The number of nitrogens with zero attached hydrogens (tertiary/aromatic N) is 3. The van der Waals surface area contributed by atoms with E-state index in [1.165, 1.54) is 0 Å². The second-order valence-electron chi connectivity index (χ2n) is 3.86. The smallest absolute Gasteiger partial charge is 0.333 e. The van der Waals surface area contributed by atoms with E-state index < -0.39 is 4.92 Å². The Morgan fingerprint density at radius 2 is 2.24 bits per heavy atom. The van der Waals surface area contributed by atoms with Crippen molar-refractivity contribution in [2.24, 2.45) is 0 Å². The second kappa shape index (κ2) is 5.34. The average molecular weight is 236 g/mol. The minimum Gasteiger partial charge on any atom is -0.354 e. The van der Waals surface area contributed by atoms with Gasteiger partial charge >= 0.3 is 5.69 Å². The predicted octanol–water partition coefficient (Wildman–Crippen LogP) is 2.12. The van der Waals surface area contributed by atoms with Crippen LogP contribution in [0.2, 0.25) is 0 Å². The van der Waals surface area contributed by atoms with Crippen LogP contribution < -0.4 is 5.32 Å². The number of aromatic nitrogens is 2. The molecule has 0 aromatic carbocycles. The zero-order chi connectivity index (χ0) is 13.0. The molecule has 0 saturated carbocycles. The normalized spacial score (nSPS) is 9.94. The molecule has 0 bridgehead atoms. The number of nitro groups is 1. The molecule has 0 unspecified atom stereocenters. The van der Waals surface area contributed by atoms with Gasteiger partial charge in [0.05, 0.1) is 11.5 Å². The summed E-state index contributed by atoms with van der Waals surface area (Å²) < 4.78 is 1.62. The van der Waals surface area contributed by atoms with Gasteiger partial charge in [-0.25, -0.2) is 4.68 Å². The zero-order valence-corrected chi connectivity index (χ0v) is 10.4. The van der Waals surface area contributed by atoms with E-state index in [9.17, 15) is 10.1 Å². The maximum atomic E-state index is 11.0. The fourth-order valence-corrected chi connectivity index (χ4v) is 1.51. The van der Waals surface area contributed by atoms with Gasteiger partial charge in [-0.1, -0.05) is 5.92 Å². The highest BCUT2D eigenvalue weighted by Gasteiger charge is 2.25. The number of hydrogen-bond acceptors (Lipinski definition) is 4. The van der Waals surface area contributed by atoms with Crippen LogP contribution in [0.25, 0.3) is 0 Å². The first-order valence-corrected chi connectivity index (χ1v) is 5.36. The molecule has 0 aliphatic heterocycles. The minimum atomic E-state index is -0.414. The number of aryl methyl sites for hydroxylation is 1. The lowest BCUT2D eigenvalue weighted by atomic mass is 10.3. The van der Waals surface area contributed by atoms with Crippen molar-refractivity contribution in [1.82, 2.24) is 9.78 Å². The van der Waals surface area contributed by atoms with Gasteiger partial charge in [0.15, 0.2) is 0 Å². The third-order valence-corrected chi connectivity index (χ3v) is 2.25. The summed E-state index contributed by atoms with van der Waals surface area (Å²) in [5.41, 5.74) is 0.437. The van der Waals surface area contributed by atoms with E-state index in [1.54, 1.807) is 18.5 Å². The molecule has 0 aliphatic rings. The SMILES string of the molecule is CC#CCNc1c([N+](=O)[O-])c(C)nn1C(C)C. The molecule has 92 valence electrons. The molecule has 0 fully saturated rings. The molecule has 0 aliphatic carbocycles. The summed E-state index contributed by atoms with van der Waals surface area (Å²) in [4.78, 5) is 10.6. The van der Waals surface area contributed by atoms with Gasteiger partial charge in [-0.15, -0.1) is 5.92 Å². The van der Waals surface area contributed by atoms with Crippen LogP contribution in [0.4, 0.5) is 11.5 Å². The second-order valence-corrected chi connectivity index (χ2v) is 3.86. The molecule has 1 rings (SSSR count). The van der Waals surface area contributed by atoms with Crippen molar-refractivity contribution in [2.45, 2.75) is 33.7 Å². The lowest BCUT2D eigenvalue weighted by molar-refractivity contribution is -0.384. The lowest BCUT2D eigenvalue weighted by Gasteiger charge is -2.10. The number of nitrogens with one attached hydrogen (secondary N) is 1. The van der Waals surface area contributed by atoms with Crippen LogP contribution in [0.5, 0.6) is 0 Å². The summed E-state index contributed by atoms with van der Waals surface area (Å²) in [6.45, 7) is 7.57. The maximum Gasteiger partial charge on any atom is 0.333 e. The van der Waals surface area contributed by atoms with E-state index in [0.717, 1.165) is 0 Å². The summed E-state index contributed by atoms with van der Waals surface area (Å²) in [6, 6.07) is 0.0551. The third kappa shape index (κ3) is 2.75. The molecule has 1 N–H and O–H groups in total. The third-order valence-electron chi connectivity index (χ3n) is 2.25. The summed E-state index contributed by atoms with van der Waals surface area (Å²) in [5, 5.41) is 18.1. The van der Waals surface area contributed by atoms with Gasteiger partial charge in [0, 0.05) is 6.04 Å². The average Bonchev–Trinajstić information content (AvgIpc) is 2.56. The molecule has 0 atom stereocenters. The maximum absolute atomic E-state index is 11.0. The molecule has 1 heterocycles. The van der Waals surface area contributed by atoms with Crippen molar-refractivity contribution in [2.75, 3.05) is 11.9 Å². The minimum absolute atomic E-state index is 0.0246.